The summed E-state index contributed by atoms with van der Waals surface area (Å²) < 4.78 is 0. The van der Waals surface area contributed by atoms with Gasteiger partial charge in [0.25, 0.3) is 0 Å². The van der Waals surface area contributed by atoms with Crippen LogP contribution in [0.1, 0.15) is 42.7 Å². The van der Waals surface area contributed by atoms with Crippen LogP contribution in [0.4, 0.5) is 0 Å². The van der Waals surface area contributed by atoms with E-state index in [1.165, 1.54) is 35.5 Å². The first-order chi connectivity index (χ1) is 8.66. The van der Waals surface area contributed by atoms with Crippen molar-refractivity contribution >= 4 is 23.4 Å². The highest BCUT2D eigenvalue weighted by Crippen LogP contribution is 2.38. The second-order valence-corrected chi connectivity index (χ2v) is 7.41. The van der Waals surface area contributed by atoms with Gasteiger partial charge in [0.15, 0.2) is 0 Å². The van der Waals surface area contributed by atoms with Gasteiger partial charge < -0.3 is 5.73 Å². The van der Waals surface area contributed by atoms with Gasteiger partial charge in [0.05, 0.1) is 0 Å². The third-order valence-corrected chi connectivity index (χ3v) is 5.55. The van der Waals surface area contributed by atoms with E-state index < -0.39 is 0 Å². The van der Waals surface area contributed by atoms with Gasteiger partial charge in [-0.3, -0.25) is 0 Å². The number of hydrogen-bond donors (Lipinski definition) is 1. The molecule has 1 aliphatic heterocycles. The highest BCUT2D eigenvalue weighted by atomic mass is 35.5. The van der Waals surface area contributed by atoms with Crippen molar-refractivity contribution in [3.63, 3.8) is 0 Å². The fourth-order valence-electron chi connectivity index (χ4n) is 2.76. The molecule has 0 unspecified atom stereocenters. The molecule has 2 aliphatic rings. The summed E-state index contributed by atoms with van der Waals surface area (Å²) in [5.74, 6) is 3.21. The zero-order valence-corrected chi connectivity index (χ0v) is 12.2. The van der Waals surface area contributed by atoms with Crippen molar-refractivity contribution < 1.29 is 0 Å². The van der Waals surface area contributed by atoms with E-state index in [0.717, 1.165) is 24.3 Å². The quantitative estimate of drug-likeness (QED) is 0.907. The normalized spacial score (nSPS) is 23.0. The Morgan fingerprint density at radius 2 is 2.00 bits per heavy atom. The lowest BCUT2D eigenvalue weighted by atomic mass is 9.92. The van der Waals surface area contributed by atoms with E-state index >= 15 is 0 Å². The molecule has 0 radical (unpaired) electrons. The molecule has 1 aromatic carbocycles. The number of rotatable bonds is 3. The Hall–Kier alpha value is -0.180. The summed E-state index contributed by atoms with van der Waals surface area (Å²) in [6.07, 6.45) is 5.83. The minimum Gasteiger partial charge on any atom is -0.325 e. The van der Waals surface area contributed by atoms with Crippen molar-refractivity contribution in [2.45, 2.75) is 43.6 Å². The van der Waals surface area contributed by atoms with E-state index in [4.69, 9.17) is 17.3 Å². The van der Waals surface area contributed by atoms with E-state index in [1.807, 2.05) is 0 Å². The molecule has 1 aliphatic carbocycles. The third-order valence-electron chi connectivity index (χ3n) is 4.17. The highest BCUT2D eigenvalue weighted by molar-refractivity contribution is 7.99. The predicted molar refractivity (Wildman–Crippen MR) is 80.6 cm³/mol. The SMILES string of the molecule is NC1(Cc2ccc(C3CCSCC3)c(Cl)c2)CC1. The van der Waals surface area contributed by atoms with Crippen molar-refractivity contribution in [2.75, 3.05) is 11.5 Å². The summed E-state index contributed by atoms with van der Waals surface area (Å²) in [5.41, 5.74) is 8.89. The first kappa shape index (κ1) is 12.8. The van der Waals surface area contributed by atoms with Gasteiger partial charge >= 0.3 is 0 Å². The lowest BCUT2D eigenvalue weighted by Crippen LogP contribution is -2.24. The lowest BCUT2D eigenvalue weighted by molar-refractivity contribution is 0.635. The number of hydrogen-bond acceptors (Lipinski definition) is 2. The van der Waals surface area contributed by atoms with Crippen LogP contribution in [0.25, 0.3) is 0 Å². The molecular formula is C15H20ClNS. The average molecular weight is 282 g/mol. The molecule has 0 bridgehead atoms. The van der Waals surface area contributed by atoms with Crippen LogP contribution in [-0.4, -0.2) is 17.0 Å². The summed E-state index contributed by atoms with van der Waals surface area (Å²) >= 11 is 8.52. The van der Waals surface area contributed by atoms with E-state index in [0.29, 0.717) is 5.92 Å². The van der Waals surface area contributed by atoms with Crippen molar-refractivity contribution in [3.8, 4) is 0 Å². The predicted octanol–water partition coefficient (Wildman–Crippen LogP) is 3.98. The van der Waals surface area contributed by atoms with Gasteiger partial charge in [-0.25, -0.2) is 0 Å². The Bertz CT molecular complexity index is 436. The molecule has 1 heterocycles. The Kier molecular flexibility index (Phi) is 3.61. The van der Waals surface area contributed by atoms with Crippen LogP contribution < -0.4 is 5.73 Å². The van der Waals surface area contributed by atoms with Gasteiger partial charge in [-0.2, -0.15) is 11.8 Å². The third kappa shape index (κ3) is 2.87. The van der Waals surface area contributed by atoms with Crippen LogP contribution >= 0.6 is 23.4 Å². The maximum atomic E-state index is 6.46. The molecule has 0 atom stereocenters. The summed E-state index contributed by atoms with van der Waals surface area (Å²) in [6, 6.07) is 6.62. The molecule has 98 valence electrons. The van der Waals surface area contributed by atoms with Gasteiger partial charge in [0.1, 0.15) is 0 Å². The Balaban J connectivity index is 1.75. The van der Waals surface area contributed by atoms with E-state index in [-0.39, 0.29) is 5.54 Å². The molecule has 2 fully saturated rings. The van der Waals surface area contributed by atoms with Gasteiger partial charge in [-0.15, -0.1) is 0 Å². The van der Waals surface area contributed by atoms with Crippen molar-refractivity contribution in [1.29, 1.82) is 0 Å². The molecule has 1 saturated carbocycles. The summed E-state index contributed by atoms with van der Waals surface area (Å²) in [4.78, 5) is 0. The Labute approximate surface area is 118 Å². The first-order valence-electron chi connectivity index (χ1n) is 6.81. The molecule has 3 heteroatoms. The number of benzene rings is 1. The van der Waals surface area contributed by atoms with Crippen molar-refractivity contribution in [2.24, 2.45) is 5.73 Å². The molecule has 0 aromatic heterocycles. The first-order valence-corrected chi connectivity index (χ1v) is 8.35. The molecule has 1 nitrogen and oxygen atoms in total. The summed E-state index contributed by atoms with van der Waals surface area (Å²) in [5, 5.41) is 0.952. The monoisotopic (exact) mass is 281 g/mol. The van der Waals surface area contributed by atoms with E-state index in [9.17, 15) is 0 Å². The van der Waals surface area contributed by atoms with Crippen LogP contribution in [-0.2, 0) is 6.42 Å². The largest absolute Gasteiger partial charge is 0.325 e. The zero-order valence-electron chi connectivity index (χ0n) is 10.6. The topological polar surface area (TPSA) is 26.0 Å². The molecule has 1 saturated heterocycles. The zero-order chi connectivity index (χ0) is 12.6. The standard InChI is InChI=1S/C15H20ClNS/c16-14-9-11(10-15(17)5-6-15)1-2-13(14)12-3-7-18-8-4-12/h1-2,9,12H,3-8,10,17H2. The molecule has 18 heavy (non-hydrogen) atoms. The molecular weight excluding hydrogens is 262 g/mol. The van der Waals surface area contributed by atoms with Crippen LogP contribution in [0.15, 0.2) is 18.2 Å². The maximum Gasteiger partial charge on any atom is 0.0443 e. The Morgan fingerprint density at radius 1 is 1.28 bits per heavy atom. The number of nitrogens with two attached hydrogens (primary N) is 1. The number of thioether (sulfide) groups is 1. The van der Waals surface area contributed by atoms with Crippen LogP contribution in [0, 0.1) is 0 Å². The second kappa shape index (κ2) is 5.07. The molecule has 0 amide bonds. The van der Waals surface area contributed by atoms with E-state index in [1.54, 1.807) is 0 Å². The molecule has 2 N–H and O–H groups in total. The average Bonchev–Trinajstić information content (AvgIpc) is 3.08. The van der Waals surface area contributed by atoms with Crippen LogP contribution in [0.5, 0.6) is 0 Å². The van der Waals surface area contributed by atoms with Gasteiger partial charge in [-0.1, -0.05) is 23.7 Å². The lowest BCUT2D eigenvalue weighted by Gasteiger charge is -2.23. The highest BCUT2D eigenvalue weighted by Gasteiger charge is 2.38. The molecule has 3 rings (SSSR count). The van der Waals surface area contributed by atoms with Crippen LogP contribution in [0.2, 0.25) is 5.02 Å². The van der Waals surface area contributed by atoms with Crippen molar-refractivity contribution in [3.05, 3.63) is 34.3 Å². The second-order valence-electron chi connectivity index (χ2n) is 5.78. The van der Waals surface area contributed by atoms with Crippen LogP contribution in [0.3, 0.4) is 0 Å². The Morgan fingerprint density at radius 3 is 2.61 bits per heavy atom. The summed E-state index contributed by atoms with van der Waals surface area (Å²) in [6.45, 7) is 0. The fraction of sp³-hybridized carbons (Fsp3) is 0.600. The maximum absolute atomic E-state index is 6.46. The van der Waals surface area contributed by atoms with Crippen molar-refractivity contribution in [1.82, 2.24) is 0 Å². The molecule has 0 spiro atoms. The minimum atomic E-state index is 0.0757. The summed E-state index contributed by atoms with van der Waals surface area (Å²) in [7, 11) is 0. The van der Waals surface area contributed by atoms with E-state index in [2.05, 4.69) is 30.0 Å². The fourth-order valence-corrected chi connectivity index (χ4v) is 4.23. The number of halogens is 1. The van der Waals surface area contributed by atoms with Gasteiger partial charge in [0.2, 0.25) is 0 Å². The molecule has 1 aromatic rings. The minimum absolute atomic E-state index is 0.0757. The van der Waals surface area contributed by atoms with Gasteiger partial charge in [-0.05, 0) is 66.7 Å². The smallest absolute Gasteiger partial charge is 0.0443 e. The van der Waals surface area contributed by atoms with Gasteiger partial charge in [0, 0.05) is 10.6 Å².